The van der Waals surface area contributed by atoms with Crippen LogP contribution in [-0.4, -0.2) is 115 Å². The molecule has 18 heteroatoms. The van der Waals surface area contributed by atoms with Crippen LogP contribution in [0.5, 0.6) is 5.75 Å². The summed E-state index contributed by atoms with van der Waals surface area (Å²) >= 11 is 6.13. The van der Waals surface area contributed by atoms with Gasteiger partial charge in [-0.25, -0.2) is 13.4 Å². The Morgan fingerprint density at radius 2 is 1.62 bits per heavy atom. The van der Waals surface area contributed by atoms with E-state index in [4.69, 9.17) is 21.6 Å². The highest BCUT2D eigenvalue weighted by Crippen LogP contribution is 2.32. The summed E-state index contributed by atoms with van der Waals surface area (Å²) in [5.74, 6) is 1.70. The van der Waals surface area contributed by atoms with Crippen LogP contribution in [0.1, 0.15) is 66.6 Å². The number of piperazine rings is 1. The summed E-state index contributed by atoms with van der Waals surface area (Å²) in [6.45, 7) is 4.53. The molecule has 0 radical (unpaired) electrons. The number of ether oxygens (including phenoxy) is 1. The topological polar surface area (TPSA) is 148 Å². The van der Waals surface area contributed by atoms with Crippen molar-refractivity contribution >= 4 is 39.2 Å². The highest BCUT2D eigenvalue weighted by Gasteiger charge is 2.40. The lowest BCUT2D eigenvalue weighted by atomic mass is 9.93. The van der Waals surface area contributed by atoms with Crippen LogP contribution in [0, 0.1) is 17.2 Å². The Bertz CT molecular complexity index is 2000. The van der Waals surface area contributed by atoms with Crippen molar-refractivity contribution in [1.29, 1.82) is 5.26 Å². The summed E-state index contributed by atoms with van der Waals surface area (Å²) in [7, 11) is -3.56. The number of amides is 1. The fourth-order valence-corrected chi connectivity index (χ4v) is 10.2. The molecule has 13 nitrogen and oxygen atoms in total. The van der Waals surface area contributed by atoms with Crippen LogP contribution in [-0.2, 0) is 16.2 Å². The summed E-state index contributed by atoms with van der Waals surface area (Å²) in [6, 6.07) is 12.6. The molecule has 0 bridgehead atoms. The Balaban J connectivity index is 0.810. The third kappa shape index (κ3) is 9.47. The molecule has 4 fully saturated rings. The monoisotopic (exact) mass is 815 g/mol. The molecule has 7 rings (SSSR count). The van der Waals surface area contributed by atoms with Crippen LogP contribution in [0.4, 0.5) is 24.8 Å². The summed E-state index contributed by atoms with van der Waals surface area (Å²) in [5.41, 5.74) is -0.103. The number of benzene rings is 1. The largest absolute Gasteiger partial charge is 0.490 e. The number of carbonyl (C=O) groups is 1. The van der Waals surface area contributed by atoms with Gasteiger partial charge in [0.25, 0.3) is 5.91 Å². The molecule has 5 heterocycles. The van der Waals surface area contributed by atoms with Crippen molar-refractivity contribution in [3.05, 3.63) is 70.5 Å². The lowest BCUT2D eigenvalue weighted by Gasteiger charge is -2.36. The van der Waals surface area contributed by atoms with Crippen molar-refractivity contribution in [1.82, 2.24) is 29.7 Å². The summed E-state index contributed by atoms with van der Waals surface area (Å²) in [4.78, 5) is 23.2. The van der Waals surface area contributed by atoms with E-state index in [2.05, 4.69) is 30.3 Å². The van der Waals surface area contributed by atoms with E-state index >= 15 is 0 Å². The second kappa shape index (κ2) is 17.1. The fourth-order valence-electron chi connectivity index (χ4n) is 8.12. The Labute approximate surface area is 329 Å². The van der Waals surface area contributed by atoms with Gasteiger partial charge in [0.2, 0.25) is 10.0 Å². The summed E-state index contributed by atoms with van der Waals surface area (Å²) in [5, 5.41) is 20.6. The maximum Gasteiger partial charge on any atom is 0.416 e. The molecule has 3 aromatic rings. The molecule has 0 spiro atoms. The van der Waals surface area contributed by atoms with Crippen molar-refractivity contribution in [3.8, 4) is 11.8 Å². The van der Waals surface area contributed by atoms with Gasteiger partial charge in [0, 0.05) is 70.7 Å². The molecule has 1 aromatic carbocycles. The van der Waals surface area contributed by atoms with Crippen LogP contribution < -0.4 is 19.9 Å². The number of nitrogens with one attached hydrogen (secondary N) is 1. The highest BCUT2D eigenvalue weighted by atomic mass is 35.5. The van der Waals surface area contributed by atoms with E-state index < -0.39 is 27.0 Å². The average Bonchev–Trinajstić information content (AvgIpc) is 3.68. The fraction of sp³-hybridized carbons (Fsp3) is 0.553. The highest BCUT2D eigenvalue weighted by molar-refractivity contribution is 7.89. The number of anilines is 2. The minimum absolute atomic E-state index is 0.00234. The zero-order chi connectivity index (χ0) is 39.5. The average molecular weight is 816 g/mol. The van der Waals surface area contributed by atoms with Crippen LogP contribution in [0.25, 0.3) is 0 Å². The quantitative estimate of drug-likeness (QED) is 0.296. The molecule has 56 heavy (non-hydrogen) atoms. The van der Waals surface area contributed by atoms with Crippen molar-refractivity contribution in [2.45, 2.75) is 68.5 Å². The van der Waals surface area contributed by atoms with E-state index in [1.165, 1.54) is 4.31 Å². The van der Waals surface area contributed by atoms with Gasteiger partial charge in [0.1, 0.15) is 17.6 Å². The predicted octanol–water partition coefficient (Wildman–Crippen LogP) is 4.98. The van der Waals surface area contributed by atoms with Crippen molar-refractivity contribution in [2.24, 2.45) is 5.92 Å². The lowest BCUT2D eigenvalue weighted by Crippen LogP contribution is -2.51. The zero-order valence-electron chi connectivity index (χ0n) is 30.9. The standard InChI is InChI=1S/C38H45ClF3N9O4S/c39-33-22-31(4-1-27(33)23-43)55-30-5-2-29(3-6-30)45-37(52)34-7-8-35(47-46-34)49-15-10-26(11-16-49)24-48-14-12-32(25-48)56(53,54)51-19-17-50(18-20-51)36-21-28(9-13-44-36)38(40,41)42/h1,4,7-9,13,21-22,26,29-30,32H,2-3,5-6,10-12,14-20,24-25H2,(H,45,52). The number of halogens is 4. The number of nitriles is 1. The van der Waals surface area contributed by atoms with Crippen molar-refractivity contribution < 1.29 is 31.1 Å². The van der Waals surface area contributed by atoms with E-state index in [1.54, 1.807) is 29.2 Å². The van der Waals surface area contributed by atoms with Crippen molar-refractivity contribution in [2.75, 3.05) is 68.7 Å². The van der Waals surface area contributed by atoms with E-state index in [9.17, 15) is 26.4 Å². The van der Waals surface area contributed by atoms with Crippen molar-refractivity contribution in [3.63, 3.8) is 0 Å². The third-order valence-corrected chi connectivity index (χ3v) is 14.0. The number of sulfonamides is 1. The molecule has 1 saturated carbocycles. The van der Waals surface area contributed by atoms with E-state index in [-0.39, 0.29) is 55.7 Å². The van der Waals surface area contributed by atoms with Gasteiger partial charge in [0.15, 0.2) is 11.5 Å². The SMILES string of the molecule is N#Cc1ccc(OC2CCC(NC(=O)c3ccc(N4CCC(CN5CCC(S(=O)(=O)N6CCN(c7cc(C(F)(F)F)ccn7)CC6)C5)CC4)nn3)CC2)cc1Cl. The summed E-state index contributed by atoms with van der Waals surface area (Å²) in [6.07, 6.45) is 2.14. The smallest absolute Gasteiger partial charge is 0.416 e. The van der Waals surface area contributed by atoms with Crippen LogP contribution in [0.15, 0.2) is 48.7 Å². The minimum Gasteiger partial charge on any atom is -0.490 e. The molecule has 1 aliphatic carbocycles. The zero-order valence-corrected chi connectivity index (χ0v) is 32.4. The predicted molar refractivity (Wildman–Crippen MR) is 204 cm³/mol. The maximum atomic E-state index is 13.6. The Morgan fingerprint density at radius 1 is 0.893 bits per heavy atom. The van der Waals surface area contributed by atoms with Gasteiger partial charge in [0.05, 0.1) is 27.5 Å². The molecular formula is C38H45ClF3N9O4S. The van der Waals surface area contributed by atoms with Gasteiger partial charge in [-0.05, 0) is 93.8 Å². The van der Waals surface area contributed by atoms with Gasteiger partial charge in [-0.1, -0.05) is 11.6 Å². The maximum absolute atomic E-state index is 13.6. The number of likely N-dealkylation sites (tertiary alicyclic amines) is 1. The number of hydrogen-bond donors (Lipinski definition) is 1. The van der Waals surface area contributed by atoms with Gasteiger partial charge in [-0.2, -0.15) is 22.7 Å². The number of pyridine rings is 1. The van der Waals surface area contributed by atoms with Gasteiger partial charge < -0.3 is 24.8 Å². The second-order valence-corrected chi connectivity index (χ2v) is 17.6. The van der Waals surface area contributed by atoms with Crippen LogP contribution >= 0.6 is 11.6 Å². The van der Waals surface area contributed by atoms with Gasteiger partial charge in [-0.15, -0.1) is 10.2 Å². The number of rotatable bonds is 10. The van der Waals surface area contributed by atoms with Crippen LogP contribution in [0.3, 0.4) is 0 Å². The van der Waals surface area contributed by atoms with E-state index in [0.29, 0.717) is 41.8 Å². The molecule has 3 saturated heterocycles. The first kappa shape index (κ1) is 40.0. The first-order valence-electron chi connectivity index (χ1n) is 19.1. The number of aromatic nitrogens is 3. The molecule has 4 aliphatic rings. The lowest BCUT2D eigenvalue weighted by molar-refractivity contribution is -0.137. The molecule has 2 aromatic heterocycles. The number of alkyl halides is 3. The van der Waals surface area contributed by atoms with Gasteiger partial charge >= 0.3 is 6.18 Å². The summed E-state index contributed by atoms with van der Waals surface area (Å²) < 4.78 is 74.2. The minimum atomic E-state index is -4.47. The molecule has 1 N–H and O–H groups in total. The number of carbonyl (C=O) groups excluding carboxylic acids is 1. The molecule has 300 valence electrons. The van der Waals surface area contributed by atoms with Crippen LogP contribution in [0.2, 0.25) is 5.02 Å². The first-order chi connectivity index (χ1) is 26.8. The number of nitrogens with zero attached hydrogens (tertiary/aromatic N) is 8. The molecule has 1 atom stereocenters. The Morgan fingerprint density at radius 3 is 2.29 bits per heavy atom. The molecule has 3 aliphatic heterocycles. The van der Waals surface area contributed by atoms with Gasteiger partial charge in [-0.3, -0.25) is 4.79 Å². The first-order valence-corrected chi connectivity index (χ1v) is 21.0. The number of hydrogen-bond acceptors (Lipinski definition) is 11. The van der Waals surface area contributed by atoms with E-state index in [0.717, 1.165) is 82.3 Å². The molecule has 1 amide bonds. The normalized spacial score (nSPS) is 23.2. The number of piperidine rings is 1. The molecular weight excluding hydrogens is 771 g/mol. The Kier molecular flexibility index (Phi) is 12.2. The second-order valence-electron chi connectivity index (χ2n) is 15.0. The third-order valence-electron chi connectivity index (χ3n) is 11.4. The van der Waals surface area contributed by atoms with E-state index in [1.807, 2.05) is 12.1 Å². The Hall–Kier alpha value is -4.24. The molecule has 1 unspecified atom stereocenters.